The molecule has 5 N–H and O–H groups in total. The van der Waals surface area contributed by atoms with E-state index in [-0.39, 0.29) is 18.8 Å². The topological polar surface area (TPSA) is 96.2 Å². The van der Waals surface area contributed by atoms with Crippen molar-refractivity contribution in [2.75, 3.05) is 39.3 Å². The van der Waals surface area contributed by atoms with E-state index >= 15 is 0 Å². The Morgan fingerprint density at radius 3 is 1.89 bits per heavy atom. The largest absolute Gasteiger partial charge is 0.394 e. The maximum Gasteiger partial charge on any atom is 0.0894 e. The van der Waals surface area contributed by atoms with E-state index in [4.69, 9.17) is 5.11 Å². The van der Waals surface area contributed by atoms with Crippen LogP contribution in [0.1, 0.15) is 26.7 Å². The number of rotatable bonds is 12. The number of aliphatic hydroxyl groups is 4. The van der Waals surface area contributed by atoms with Crippen molar-refractivity contribution in [2.45, 2.75) is 45.0 Å². The first-order valence-corrected chi connectivity index (χ1v) is 7.11. The van der Waals surface area contributed by atoms with Crippen LogP contribution >= 0.6 is 0 Å². The Morgan fingerprint density at radius 1 is 0.947 bits per heavy atom. The monoisotopic (exact) mass is 278 g/mol. The van der Waals surface area contributed by atoms with Crippen molar-refractivity contribution in [1.29, 1.82) is 0 Å². The van der Waals surface area contributed by atoms with Gasteiger partial charge in [0, 0.05) is 32.7 Å². The highest BCUT2D eigenvalue weighted by Gasteiger charge is 2.13. The minimum Gasteiger partial charge on any atom is -0.394 e. The summed E-state index contributed by atoms with van der Waals surface area (Å²) in [5.74, 6) is 0. The van der Waals surface area contributed by atoms with Gasteiger partial charge in [0.15, 0.2) is 0 Å². The first-order valence-electron chi connectivity index (χ1n) is 7.11. The van der Waals surface area contributed by atoms with Gasteiger partial charge in [0.2, 0.25) is 0 Å². The second-order valence-electron chi connectivity index (χ2n) is 4.92. The summed E-state index contributed by atoms with van der Waals surface area (Å²) < 4.78 is 0. The second-order valence-corrected chi connectivity index (χ2v) is 4.92. The third kappa shape index (κ3) is 10.2. The van der Waals surface area contributed by atoms with E-state index in [0.29, 0.717) is 45.6 Å². The molecule has 0 aliphatic rings. The zero-order valence-corrected chi connectivity index (χ0v) is 12.1. The van der Waals surface area contributed by atoms with Crippen LogP contribution < -0.4 is 5.32 Å². The first-order chi connectivity index (χ1) is 9.03. The summed E-state index contributed by atoms with van der Waals surface area (Å²) in [7, 11) is 0. The molecular formula is C13H30N2O4. The van der Waals surface area contributed by atoms with E-state index in [1.54, 1.807) is 0 Å². The molecule has 6 heteroatoms. The molecule has 0 radical (unpaired) electrons. The Kier molecular flexibility index (Phi) is 11.4. The summed E-state index contributed by atoms with van der Waals surface area (Å²) in [6.45, 7) is 6.35. The zero-order valence-electron chi connectivity index (χ0n) is 12.1. The van der Waals surface area contributed by atoms with Gasteiger partial charge in [0.25, 0.3) is 0 Å². The fourth-order valence-electron chi connectivity index (χ4n) is 1.68. The standard InChI is InChI=1S/C13H30N2O4/c1-3-11(17)8-15(9-12(18)4-2)6-5-14-7-13(19)10-16/h11-14,16-19H,3-10H2,1-2H3. The summed E-state index contributed by atoms with van der Waals surface area (Å²) in [4.78, 5) is 2.01. The smallest absolute Gasteiger partial charge is 0.0894 e. The normalized spacial score (nSPS) is 16.6. The maximum atomic E-state index is 9.68. The van der Waals surface area contributed by atoms with Crippen LogP contribution in [0.3, 0.4) is 0 Å². The summed E-state index contributed by atoms with van der Waals surface area (Å²) in [6.07, 6.45) is -0.125. The molecule has 0 aromatic rings. The Bertz CT molecular complexity index is 195. The Labute approximate surface area is 116 Å². The van der Waals surface area contributed by atoms with Crippen LogP contribution in [-0.2, 0) is 0 Å². The van der Waals surface area contributed by atoms with Crippen molar-refractivity contribution in [3.8, 4) is 0 Å². The highest BCUT2D eigenvalue weighted by Crippen LogP contribution is 2.00. The van der Waals surface area contributed by atoms with Crippen molar-refractivity contribution in [1.82, 2.24) is 10.2 Å². The molecule has 0 amide bonds. The van der Waals surface area contributed by atoms with E-state index in [9.17, 15) is 15.3 Å². The molecule has 0 spiro atoms. The van der Waals surface area contributed by atoms with E-state index in [1.807, 2.05) is 18.7 Å². The Morgan fingerprint density at radius 2 is 1.47 bits per heavy atom. The van der Waals surface area contributed by atoms with Gasteiger partial charge in [-0.1, -0.05) is 13.8 Å². The van der Waals surface area contributed by atoms with E-state index in [1.165, 1.54) is 0 Å². The molecule has 6 nitrogen and oxygen atoms in total. The summed E-state index contributed by atoms with van der Waals surface area (Å²) in [6, 6.07) is 0. The number of hydrogen-bond donors (Lipinski definition) is 5. The van der Waals surface area contributed by atoms with Crippen LogP contribution in [0.25, 0.3) is 0 Å². The minimum atomic E-state index is -0.740. The Balaban J connectivity index is 3.97. The molecule has 0 aromatic carbocycles. The molecule has 0 rings (SSSR count). The molecule has 0 bridgehead atoms. The summed E-state index contributed by atoms with van der Waals surface area (Å²) in [5, 5.41) is 40.3. The van der Waals surface area contributed by atoms with Gasteiger partial charge in [-0.3, -0.25) is 4.90 Å². The lowest BCUT2D eigenvalue weighted by Gasteiger charge is -2.27. The third-order valence-electron chi connectivity index (χ3n) is 3.08. The fraction of sp³-hybridized carbons (Fsp3) is 1.00. The van der Waals surface area contributed by atoms with Gasteiger partial charge in [-0.25, -0.2) is 0 Å². The lowest BCUT2D eigenvalue weighted by atomic mass is 10.2. The summed E-state index contributed by atoms with van der Waals surface area (Å²) in [5.41, 5.74) is 0. The van der Waals surface area contributed by atoms with Gasteiger partial charge < -0.3 is 25.7 Å². The van der Waals surface area contributed by atoms with Crippen molar-refractivity contribution < 1.29 is 20.4 Å². The molecule has 0 saturated carbocycles. The van der Waals surface area contributed by atoms with Gasteiger partial charge in [-0.2, -0.15) is 0 Å². The van der Waals surface area contributed by atoms with Crippen molar-refractivity contribution in [3.05, 3.63) is 0 Å². The SMILES string of the molecule is CCC(O)CN(CCNCC(O)CO)CC(O)CC. The quantitative estimate of drug-likeness (QED) is 0.287. The number of nitrogens with zero attached hydrogens (tertiary/aromatic N) is 1. The molecule has 19 heavy (non-hydrogen) atoms. The van der Waals surface area contributed by atoms with Crippen LogP contribution in [0.15, 0.2) is 0 Å². The minimum absolute atomic E-state index is 0.250. The molecule has 116 valence electrons. The van der Waals surface area contributed by atoms with Crippen molar-refractivity contribution >= 4 is 0 Å². The van der Waals surface area contributed by atoms with Crippen LogP contribution in [0.4, 0.5) is 0 Å². The van der Waals surface area contributed by atoms with Gasteiger partial charge in [0.05, 0.1) is 24.9 Å². The van der Waals surface area contributed by atoms with E-state index < -0.39 is 6.10 Å². The molecule has 3 atom stereocenters. The van der Waals surface area contributed by atoms with Crippen LogP contribution in [0.2, 0.25) is 0 Å². The lowest BCUT2D eigenvalue weighted by molar-refractivity contribution is 0.0646. The lowest BCUT2D eigenvalue weighted by Crippen LogP contribution is -2.42. The predicted octanol–water partition coefficient (Wildman–Crippen LogP) is -1.23. The molecule has 0 aromatic heterocycles. The van der Waals surface area contributed by atoms with Crippen LogP contribution in [-0.4, -0.2) is 83.0 Å². The van der Waals surface area contributed by atoms with Gasteiger partial charge >= 0.3 is 0 Å². The average Bonchev–Trinajstić information content (AvgIpc) is 2.42. The molecule has 0 aliphatic heterocycles. The van der Waals surface area contributed by atoms with Crippen LogP contribution in [0, 0.1) is 0 Å². The molecule has 0 heterocycles. The van der Waals surface area contributed by atoms with Crippen molar-refractivity contribution in [2.24, 2.45) is 0 Å². The average molecular weight is 278 g/mol. The molecular weight excluding hydrogens is 248 g/mol. The van der Waals surface area contributed by atoms with Gasteiger partial charge in [0.1, 0.15) is 0 Å². The number of hydrogen-bond acceptors (Lipinski definition) is 6. The molecule has 3 unspecified atom stereocenters. The molecule has 0 fully saturated rings. The predicted molar refractivity (Wildman–Crippen MR) is 75.0 cm³/mol. The summed E-state index contributed by atoms with van der Waals surface area (Å²) >= 11 is 0. The van der Waals surface area contributed by atoms with Gasteiger partial charge in [-0.15, -0.1) is 0 Å². The fourth-order valence-corrected chi connectivity index (χ4v) is 1.68. The third-order valence-corrected chi connectivity index (χ3v) is 3.08. The molecule has 0 aliphatic carbocycles. The second kappa shape index (κ2) is 11.6. The highest BCUT2D eigenvalue weighted by atomic mass is 16.3. The maximum absolute atomic E-state index is 9.68. The van der Waals surface area contributed by atoms with Crippen LogP contribution in [0.5, 0.6) is 0 Å². The number of nitrogens with one attached hydrogen (secondary N) is 1. The van der Waals surface area contributed by atoms with Gasteiger partial charge in [-0.05, 0) is 12.8 Å². The van der Waals surface area contributed by atoms with E-state index in [0.717, 1.165) is 0 Å². The molecule has 0 saturated heterocycles. The highest BCUT2D eigenvalue weighted by molar-refractivity contribution is 4.69. The van der Waals surface area contributed by atoms with Crippen molar-refractivity contribution in [3.63, 3.8) is 0 Å². The Hall–Kier alpha value is -0.240. The van der Waals surface area contributed by atoms with E-state index in [2.05, 4.69) is 5.32 Å². The first kappa shape index (κ1) is 18.8. The number of aliphatic hydroxyl groups excluding tert-OH is 4. The zero-order chi connectivity index (χ0) is 14.7.